The fourth-order valence-corrected chi connectivity index (χ4v) is 0.625. The van der Waals surface area contributed by atoms with Gasteiger partial charge in [-0.05, 0) is 12.1 Å². The molecule has 1 aromatic heterocycles. The predicted molar refractivity (Wildman–Crippen MR) is 38.6 cm³/mol. The SMILES string of the molecule is [CH2]C(=O)c1ccc(C#N)nc1. The quantitative estimate of drug-likeness (QED) is 0.553. The van der Waals surface area contributed by atoms with Crippen LogP contribution in [0.2, 0.25) is 0 Å². The zero-order valence-electron chi connectivity index (χ0n) is 5.74. The van der Waals surface area contributed by atoms with Crippen LogP contribution in [0, 0.1) is 18.3 Å². The summed E-state index contributed by atoms with van der Waals surface area (Å²) >= 11 is 0. The fourth-order valence-electron chi connectivity index (χ4n) is 0.625. The van der Waals surface area contributed by atoms with Crippen LogP contribution in [0.15, 0.2) is 18.3 Å². The summed E-state index contributed by atoms with van der Waals surface area (Å²) in [6.45, 7) is 3.20. The molecule has 0 atom stereocenters. The summed E-state index contributed by atoms with van der Waals surface area (Å²) in [5.41, 5.74) is 0.721. The third-order valence-electron chi connectivity index (χ3n) is 1.20. The van der Waals surface area contributed by atoms with Crippen LogP contribution in [0.4, 0.5) is 0 Å². The molecule has 3 heteroatoms. The van der Waals surface area contributed by atoms with Gasteiger partial charge < -0.3 is 0 Å². The Bertz CT molecular complexity index is 308. The molecule has 0 aliphatic heterocycles. The maximum atomic E-state index is 10.6. The molecule has 11 heavy (non-hydrogen) atoms. The van der Waals surface area contributed by atoms with E-state index < -0.39 is 0 Å². The molecule has 0 N–H and O–H groups in total. The molecule has 53 valence electrons. The van der Waals surface area contributed by atoms with Gasteiger partial charge in [-0.15, -0.1) is 0 Å². The Kier molecular flexibility index (Phi) is 1.98. The number of rotatable bonds is 1. The van der Waals surface area contributed by atoms with Crippen LogP contribution in [0.25, 0.3) is 0 Å². The second-order valence-corrected chi connectivity index (χ2v) is 1.97. The molecule has 0 fully saturated rings. The van der Waals surface area contributed by atoms with E-state index in [1.54, 1.807) is 0 Å². The van der Waals surface area contributed by atoms with Crippen molar-refractivity contribution in [1.29, 1.82) is 5.26 Å². The van der Waals surface area contributed by atoms with Crippen molar-refractivity contribution >= 4 is 5.78 Å². The van der Waals surface area contributed by atoms with Gasteiger partial charge in [0.15, 0.2) is 5.78 Å². The normalized spacial score (nSPS) is 8.73. The van der Waals surface area contributed by atoms with E-state index in [1.165, 1.54) is 18.3 Å². The van der Waals surface area contributed by atoms with Crippen LogP contribution < -0.4 is 0 Å². The molecule has 0 aliphatic rings. The summed E-state index contributed by atoms with van der Waals surface area (Å²) in [5.74, 6) is -0.290. The lowest BCUT2D eigenvalue weighted by Gasteiger charge is -1.91. The first-order chi connectivity index (χ1) is 5.24. The minimum atomic E-state index is -0.290. The summed E-state index contributed by atoms with van der Waals surface area (Å²) in [5, 5.41) is 8.35. The van der Waals surface area contributed by atoms with E-state index in [2.05, 4.69) is 11.9 Å². The monoisotopic (exact) mass is 145 g/mol. The van der Waals surface area contributed by atoms with Gasteiger partial charge in [-0.3, -0.25) is 4.79 Å². The second kappa shape index (κ2) is 2.93. The molecular formula is C8H5N2O. The summed E-state index contributed by atoms with van der Waals surface area (Å²) in [6.07, 6.45) is 1.34. The minimum Gasteiger partial charge on any atom is -0.294 e. The average Bonchev–Trinajstić information content (AvgIpc) is 2.05. The van der Waals surface area contributed by atoms with Crippen LogP contribution in [-0.4, -0.2) is 10.8 Å². The van der Waals surface area contributed by atoms with Gasteiger partial charge in [0.05, 0.1) is 0 Å². The molecular weight excluding hydrogens is 140 g/mol. The van der Waals surface area contributed by atoms with Gasteiger partial charge in [0, 0.05) is 18.7 Å². The lowest BCUT2D eigenvalue weighted by molar-refractivity contribution is 0.104. The highest BCUT2D eigenvalue weighted by molar-refractivity contribution is 5.98. The Morgan fingerprint density at radius 2 is 2.36 bits per heavy atom. The van der Waals surface area contributed by atoms with E-state index in [1.807, 2.05) is 6.07 Å². The Balaban J connectivity index is 3.03. The highest BCUT2D eigenvalue weighted by Gasteiger charge is 1.98. The van der Waals surface area contributed by atoms with E-state index in [-0.39, 0.29) is 5.78 Å². The van der Waals surface area contributed by atoms with Crippen molar-refractivity contribution in [3.63, 3.8) is 0 Å². The van der Waals surface area contributed by atoms with Crippen LogP contribution in [0.1, 0.15) is 16.1 Å². The number of carbonyl (C=O) groups is 1. The van der Waals surface area contributed by atoms with Crippen molar-refractivity contribution in [1.82, 2.24) is 4.98 Å². The number of hydrogen-bond donors (Lipinski definition) is 0. The lowest BCUT2D eigenvalue weighted by Crippen LogP contribution is -1.93. The van der Waals surface area contributed by atoms with Crippen molar-refractivity contribution in [2.45, 2.75) is 0 Å². The van der Waals surface area contributed by atoms with Crippen LogP contribution >= 0.6 is 0 Å². The zero-order chi connectivity index (χ0) is 8.27. The standard InChI is InChI=1S/C8H5N2O/c1-6(11)7-2-3-8(4-9)10-5-7/h2-3,5H,1H2. The number of pyridine rings is 1. The van der Waals surface area contributed by atoms with Crippen LogP contribution in [-0.2, 0) is 0 Å². The van der Waals surface area contributed by atoms with Gasteiger partial charge in [-0.25, -0.2) is 4.98 Å². The maximum absolute atomic E-state index is 10.6. The predicted octanol–water partition coefficient (Wildman–Crippen LogP) is 0.970. The smallest absolute Gasteiger partial charge is 0.164 e. The number of hydrogen-bond acceptors (Lipinski definition) is 3. The number of Topliss-reactive ketones (excluding diaryl/α,β-unsaturated/α-hetero) is 1. The molecule has 0 saturated carbocycles. The molecule has 1 rings (SSSR count). The van der Waals surface area contributed by atoms with Gasteiger partial charge >= 0.3 is 0 Å². The Hall–Kier alpha value is -1.69. The number of nitrogens with zero attached hydrogens (tertiary/aromatic N) is 2. The number of aromatic nitrogens is 1. The average molecular weight is 145 g/mol. The van der Waals surface area contributed by atoms with E-state index in [4.69, 9.17) is 5.26 Å². The van der Waals surface area contributed by atoms with Crippen molar-refractivity contribution < 1.29 is 4.79 Å². The first-order valence-electron chi connectivity index (χ1n) is 2.96. The Labute approximate surface area is 64.3 Å². The zero-order valence-corrected chi connectivity index (χ0v) is 5.74. The van der Waals surface area contributed by atoms with E-state index >= 15 is 0 Å². The van der Waals surface area contributed by atoms with Crippen molar-refractivity contribution in [2.75, 3.05) is 0 Å². The number of nitriles is 1. The summed E-state index contributed by atoms with van der Waals surface area (Å²) < 4.78 is 0. The van der Waals surface area contributed by atoms with Crippen molar-refractivity contribution in [3.8, 4) is 6.07 Å². The van der Waals surface area contributed by atoms with Crippen LogP contribution in [0.3, 0.4) is 0 Å². The van der Waals surface area contributed by atoms with Crippen LogP contribution in [0.5, 0.6) is 0 Å². The van der Waals surface area contributed by atoms with Gasteiger partial charge in [-0.1, -0.05) is 0 Å². The highest BCUT2D eigenvalue weighted by atomic mass is 16.1. The molecule has 0 bridgehead atoms. The number of carbonyl (C=O) groups excluding carboxylic acids is 1. The molecule has 1 heterocycles. The first kappa shape index (κ1) is 7.42. The Morgan fingerprint density at radius 3 is 2.73 bits per heavy atom. The number of ketones is 1. The summed E-state index contributed by atoms with van der Waals surface area (Å²) in [6, 6.07) is 4.86. The Morgan fingerprint density at radius 1 is 1.64 bits per heavy atom. The topological polar surface area (TPSA) is 53.8 Å². The molecule has 0 saturated heterocycles. The van der Waals surface area contributed by atoms with Crippen molar-refractivity contribution in [3.05, 3.63) is 36.5 Å². The second-order valence-electron chi connectivity index (χ2n) is 1.97. The molecule has 1 aromatic rings. The van der Waals surface area contributed by atoms with Gasteiger partial charge in [0.1, 0.15) is 11.8 Å². The van der Waals surface area contributed by atoms with E-state index in [9.17, 15) is 4.79 Å². The summed E-state index contributed by atoms with van der Waals surface area (Å²) in [7, 11) is 0. The summed E-state index contributed by atoms with van der Waals surface area (Å²) in [4.78, 5) is 14.3. The molecule has 0 unspecified atom stereocenters. The largest absolute Gasteiger partial charge is 0.294 e. The third kappa shape index (κ3) is 1.62. The molecule has 0 aromatic carbocycles. The van der Waals surface area contributed by atoms with Crippen molar-refractivity contribution in [2.24, 2.45) is 0 Å². The van der Waals surface area contributed by atoms with Gasteiger partial charge in [0.25, 0.3) is 0 Å². The minimum absolute atomic E-state index is 0.290. The van der Waals surface area contributed by atoms with E-state index in [0.29, 0.717) is 11.3 Å². The molecule has 1 radical (unpaired) electrons. The first-order valence-corrected chi connectivity index (χ1v) is 2.96. The molecule has 0 aliphatic carbocycles. The molecule has 0 amide bonds. The third-order valence-corrected chi connectivity index (χ3v) is 1.20. The van der Waals surface area contributed by atoms with Gasteiger partial charge in [-0.2, -0.15) is 5.26 Å². The van der Waals surface area contributed by atoms with Gasteiger partial charge in [0.2, 0.25) is 0 Å². The van der Waals surface area contributed by atoms with E-state index in [0.717, 1.165) is 0 Å². The lowest BCUT2D eigenvalue weighted by atomic mass is 10.2. The molecule has 3 nitrogen and oxygen atoms in total. The fraction of sp³-hybridized carbons (Fsp3) is 0. The maximum Gasteiger partial charge on any atom is 0.164 e. The highest BCUT2D eigenvalue weighted by Crippen LogP contribution is 1.99. The molecule has 0 spiro atoms.